The molecule has 0 radical (unpaired) electrons. The van der Waals surface area contributed by atoms with Crippen molar-refractivity contribution in [1.82, 2.24) is 5.48 Å². The summed E-state index contributed by atoms with van der Waals surface area (Å²) in [5.41, 5.74) is 9.05. The van der Waals surface area contributed by atoms with Gasteiger partial charge in [-0.3, -0.25) is 5.21 Å². The van der Waals surface area contributed by atoms with Crippen molar-refractivity contribution >= 4 is 11.6 Å². The number of nitrogens with two attached hydrogens (primary N) is 1. The maximum absolute atomic E-state index is 8.52. The van der Waals surface area contributed by atoms with Gasteiger partial charge in [-0.25, -0.2) is 10.5 Å². The predicted octanol–water partition coefficient (Wildman–Crippen LogP) is 1.73. The molecule has 0 aliphatic heterocycles. The molecule has 0 unspecified atom stereocenters. The summed E-state index contributed by atoms with van der Waals surface area (Å²) in [6, 6.07) is 7.69. The topological polar surface area (TPSA) is 70.6 Å². The van der Waals surface area contributed by atoms with Crippen molar-refractivity contribution in [2.75, 3.05) is 0 Å². The van der Waals surface area contributed by atoms with Gasteiger partial charge in [0.1, 0.15) is 0 Å². The summed E-state index contributed by atoms with van der Waals surface area (Å²) in [4.78, 5) is 4.03. The number of benzene rings is 1. The van der Waals surface area contributed by atoms with Crippen molar-refractivity contribution in [3.63, 3.8) is 0 Å². The zero-order valence-corrected chi connectivity index (χ0v) is 8.36. The third-order valence-electron chi connectivity index (χ3n) is 1.91. The van der Waals surface area contributed by atoms with Crippen LogP contribution in [-0.2, 0) is 0 Å². The standard InChI is InChI=1S/C10H15N3O/c1-7(2)8-5-3-4-6-9(8)12-10(11)13-14/h3-7,14H,1-2H3,(H3,11,12,13). The Bertz CT molecular complexity index is 334. The third-order valence-corrected chi connectivity index (χ3v) is 1.91. The first kappa shape index (κ1) is 10.5. The molecule has 1 rings (SSSR count). The van der Waals surface area contributed by atoms with Crippen LogP contribution in [0.15, 0.2) is 29.3 Å². The van der Waals surface area contributed by atoms with E-state index in [4.69, 9.17) is 10.9 Å². The van der Waals surface area contributed by atoms with Crippen LogP contribution in [0.5, 0.6) is 0 Å². The Kier molecular flexibility index (Phi) is 3.48. The fourth-order valence-electron chi connectivity index (χ4n) is 1.23. The lowest BCUT2D eigenvalue weighted by Gasteiger charge is -2.08. The van der Waals surface area contributed by atoms with Gasteiger partial charge in [-0.15, -0.1) is 0 Å². The first-order chi connectivity index (χ1) is 6.65. The number of guanidine groups is 1. The Labute approximate surface area is 83.4 Å². The molecule has 4 heteroatoms. The molecule has 0 saturated carbocycles. The zero-order valence-electron chi connectivity index (χ0n) is 8.36. The van der Waals surface area contributed by atoms with Gasteiger partial charge < -0.3 is 5.73 Å². The van der Waals surface area contributed by atoms with E-state index < -0.39 is 0 Å². The second-order valence-corrected chi connectivity index (χ2v) is 3.32. The molecule has 1 aromatic carbocycles. The summed E-state index contributed by atoms with van der Waals surface area (Å²) in [6.45, 7) is 4.16. The molecular formula is C10H15N3O. The van der Waals surface area contributed by atoms with Gasteiger partial charge >= 0.3 is 0 Å². The number of nitrogens with zero attached hydrogens (tertiary/aromatic N) is 1. The van der Waals surface area contributed by atoms with Crippen LogP contribution in [0.3, 0.4) is 0 Å². The Morgan fingerprint density at radius 3 is 2.64 bits per heavy atom. The summed E-state index contributed by atoms with van der Waals surface area (Å²) in [5.74, 6) is 0.375. The fraction of sp³-hybridized carbons (Fsp3) is 0.300. The van der Waals surface area contributed by atoms with E-state index in [9.17, 15) is 0 Å². The minimum Gasteiger partial charge on any atom is -0.368 e. The van der Waals surface area contributed by atoms with E-state index in [-0.39, 0.29) is 5.96 Å². The Morgan fingerprint density at radius 2 is 2.07 bits per heavy atom. The lowest BCUT2D eigenvalue weighted by Crippen LogP contribution is -2.27. The van der Waals surface area contributed by atoms with Gasteiger partial charge in [-0.05, 0) is 17.5 Å². The smallest absolute Gasteiger partial charge is 0.218 e. The van der Waals surface area contributed by atoms with Crippen LogP contribution in [0.25, 0.3) is 0 Å². The highest BCUT2D eigenvalue weighted by Crippen LogP contribution is 2.25. The second kappa shape index (κ2) is 4.62. The molecule has 0 aliphatic carbocycles. The normalized spacial score (nSPS) is 11.9. The van der Waals surface area contributed by atoms with Crippen molar-refractivity contribution in [3.05, 3.63) is 29.8 Å². The zero-order chi connectivity index (χ0) is 10.6. The molecule has 0 spiro atoms. The summed E-state index contributed by atoms with van der Waals surface area (Å²) < 4.78 is 0. The average Bonchev–Trinajstić information content (AvgIpc) is 2.18. The van der Waals surface area contributed by atoms with Gasteiger partial charge in [0.05, 0.1) is 5.69 Å². The molecule has 4 nitrogen and oxygen atoms in total. The molecule has 76 valence electrons. The van der Waals surface area contributed by atoms with Crippen molar-refractivity contribution < 1.29 is 5.21 Å². The van der Waals surface area contributed by atoms with Crippen LogP contribution < -0.4 is 11.2 Å². The number of hydrogen-bond acceptors (Lipinski definition) is 2. The molecule has 0 aliphatic rings. The number of para-hydroxylation sites is 1. The van der Waals surface area contributed by atoms with Gasteiger partial charge in [-0.2, -0.15) is 0 Å². The third kappa shape index (κ3) is 2.47. The van der Waals surface area contributed by atoms with Crippen LogP contribution >= 0.6 is 0 Å². The van der Waals surface area contributed by atoms with E-state index in [1.807, 2.05) is 29.7 Å². The van der Waals surface area contributed by atoms with Crippen LogP contribution in [0.2, 0.25) is 0 Å². The molecule has 0 fully saturated rings. The molecule has 0 atom stereocenters. The molecule has 0 aromatic heterocycles. The van der Waals surface area contributed by atoms with Gasteiger partial charge in [-0.1, -0.05) is 32.0 Å². The SMILES string of the molecule is CC(C)c1ccccc1N=C(N)NO. The predicted molar refractivity (Wildman–Crippen MR) is 56.7 cm³/mol. The van der Waals surface area contributed by atoms with E-state index in [2.05, 4.69) is 18.8 Å². The molecule has 0 saturated heterocycles. The lowest BCUT2D eigenvalue weighted by atomic mass is 10.0. The molecule has 1 aromatic rings. The van der Waals surface area contributed by atoms with Crippen molar-refractivity contribution in [2.24, 2.45) is 10.7 Å². The summed E-state index contributed by atoms with van der Waals surface area (Å²) in [5, 5.41) is 8.52. The van der Waals surface area contributed by atoms with E-state index >= 15 is 0 Å². The summed E-state index contributed by atoms with van der Waals surface area (Å²) in [6.07, 6.45) is 0. The quantitative estimate of drug-likeness (QED) is 0.380. The monoisotopic (exact) mass is 193 g/mol. The maximum Gasteiger partial charge on any atom is 0.218 e. The molecule has 0 heterocycles. The molecule has 0 bridgehead atoms. The Morgan fingerprint density at radius 1 is 1.43 bits per heavy atom. The lowest BCUT2D eigenvalue weighted by molar-refractivity contribution is 0.233. The van der Waals surface area contributed by atoms with Crippen molar-refractivity contribution in [3.8, 4) is 0 Å². The second-order valence-electron chi connectivity index (χ2n) is 3.32. The minimum atomic E-state index is -0.00176. The van der Waals surface area contributed by atoms with Crippen LogP contribution in [0, 0.1) is 0 Å². The van der Waals surface area contributed by atoms with Crippen molar-refractivity contribution in [2.45, 2.75) is 19.8 Å². The van der Waals surface area contributed by atoms with Crippen LogP contribution in [0.1, 0.15) is 25.3 Å². The van der Waals surface area contributed by atoms with Gasteiger partial charge in [0.25, 0.3) is 0 Å². The maximum atomic E-state index is 8.52. The highest BCUT2D eigenvalue weighted by atomic mass is 16.5. The molecular weight excluding hydrogens is 178 g/mol. The Balaban J connectivity index is 3.07. The summed E-state index contributed by atoms with van der Waals surface area (Å²) >= 11 is 0. The van der Waals surface area contributed by atoms with E-state index in [0.717, 1.165) is 11.3 Å². The fourth-order valence-corrected chi connectivity index (χ4v) is 1.23. The number of aliphatic imine (C=N–C) groups is 1. The highest BCUT2D eigenvalue weighted by Gasteiger charge is 2.04. The molecule has 0 amide bonds. The molecule has 4 N–H and O–H groups in total. The average molecular weight is 193 g/mol. The van der Waals surface area contributed by atoms with Gasteiger partial charge in [0.2, 0.25) is 5.96 Å². The first-order valence-corrected chi connectivity index (χ1v) is 4.48. The largest absolute Gasteiger partial charge is 0.368 e. The van der Waals surface area contributed by atoms with E-state index in [0.29, 0.717) is 5.92 Å². The minimum absolute atomic E-state index is 0.00176. The number of rotatable bonds is 2. The van der Waals surface area contributed by atoms with Crippen LogP contribution in [-0.4, -0.2) is 11.2 Å². The number of hydrogen-bond donors (Lipinski definition) is 3. The van der Waals surface area contributed by atoms with Gasteiger partial charge in [0.15, 0.2) is 0 Å². The first-order valence-electron chi connectivity index (χ1n) is 4.48. The van der Waals surface area contributed by atoms with Gasteiger partial charge in [0, 0.05) is 0 Å². The van der Waals surface area contributed by atoms with Crippen LogP contribution in [0.4, 0.5) is 5.69 Å². The van der Waals surface area contributed by atoms with E-state index in [1.54, 1.807) is 0 Å². The Hall–Kier alpha value is -1.55. The number of hydroxylamine groups is 1. The molecule has 14 heavy (non-hydrogen) atoms. The number of nitrogens with one attached hydrogen (secondary N) is 1. The summed E-state index contributed by atoms with van der Waals surface area (Å²) in [7, 11) is 0. The highest BCUT2D eigenvalue weighted by molar-refractivity contribution is 5.80. The van der Waals surface area contributed by atoms with E-state index in [1.165, 1.54) is 0 Å². The van der Waals surface area contributed by atoms with Crippen molar-refractivity contribution in [1.29, 1.82) is 0 Å².